The summed E-state index contributed by atoms with van der Waals surface area (Å²) < 4.78 is 11.3. The Balaban J connectivity index is 1.29. The van der Waals surface area contributed by atoms with E-state index in [1.54, 1.807) is 24.3 Å². The number of carbonyl (C=O) groups excluding carboxylic acids is 1. The van der Waals surface area contributed by atoms with Crippen LogP contribution in [-0.4, -0.2) is 23.9 Å². The molecule has 0 atom stereocenters. The first-order chi connectivity index (χ1) is 14.7. The van der Waals surface area contributed by atoms with Gasteiger partial charge in [0.2, 0.25) is 0 Å². The molecule has 1 aliphatic heterocycles. The van der Waals surface area contributed by atoms with Crippen molar-refractivity contribution in [3.8, 4) is 5.75 Å². The predicted octanol–water partition coefficient (Wildman–Crippen LogP) is 5.75. The van der Waals surface area contributed by atoms with Crippen molar-refractivity contribution in [1.82, 2.24) is 4.90 Å². The van der Waals surface area contributed by atoms with Crippen LogP contribution in [0.25, 0.3) is 0 Å². The minimum Gasteiger partial charge on any atom is -0.486 e. The first-order valence-corrected chi connectivity index (χ1v) is 10.6. The zero-order valence-corrected chi connectivity index (χ0v) is 17.5. The fourth-order valence-corrected chi connectivity index (χ4v) is 3.73. The first kappa shape index (κ1) is 20.5. The molecule has 0 spiro atoms. The fraction of sp³-hybridized carbons (Fsp3) is 0.292. The van der Waals surface area contributed by atoms with E-state index in [9.17, 15) is 4.79 Å². The molecule has 1 fully saturated rings. The maximum absolute atomic E-state index is 12.5. The van der Waals surface area contributed by atoms with E-state index in [2.05, 4.69) is 22.3 Å². The molecule has 0 saturated carbocycles. The molecule has 1 aromatic heterocycles. The van der Waals surface area contributed by atoms with Gasteiger partial charge in [-0.3, -0.25) is 9.69 Å². The molecule has 1 amide bonds. The van der Waals surface area contributed by atoms with Gasteiger partial charge in [0.05, 0.1) is 0 Å². The van der Waals surface area contributed by atoms with Crippen LogP contribution in [0.4, 0.5) is 5.69 Å². The Morgan fingerprint density at radius 1 is 1.03 bits per heavy atom. The molecule has 2 aromatic carbocycles. The summed E-state index contributed by atoms with van der Waals surface area (Å²) in [6.45, 7) is 3.52. The van der Waals surface area contributed by atoms with Gasteiger partial charge in [0.1, 0.15) is 18.1 Å². The second kappa shape index (κ2) is 9.83. The van der Waals surface area contributed by atoms with Gasteiger partial charge in [-0.15, -0.1) is 0 Å². The summed E-state index contributed by atoms with van der Waals surface area (Å²) in [5.74, 6) is 1.18. The van der Waals surface area contributed by atoms with Crippen molar-refractivity contribution in [3.05, 3.63) is 82.8 Å². The number of anilines is 1. The van der Waals surface area contributed by atoms with Crippen LogP contribution in [0.3, 0.4) is 0 Å². The topological polar surface area (TPSA) is 54.7 Å². The number of ether oxygens (including phenoxy) is 1. The van der Waals surface area contributed by atoms with Gasteiger partial charge in [0, 0.05) is 17.3 Å². The molecule has 156 valence electrons. The number of hydrogen-bond acceptors (Lipinski definition) is 4. The SMILES string of the molecule is O=C(Nc1ccc(CN2CCCCC2)cc1)c1ccc(COc2cccc(Cl)c2)o1. The number of halogens is 1. The maximum atomic E-state index is 12.5. The van der Waals surface area contributed by atoms with Crippen molar-refractivity contribution in [1.29, 1.82) is 0 Å². The summed E-state index contributed by atoms with van der Waals surface area (Å²) in [5.41, 5.74) is 2.00. The molecule has 6 heteroatoms. The van der Waals surface area contributed by atoms with Gasteiger partial charge in [-0.25, -0.2) is 0 Å². The number of rotatable bonds is 7. The van der Waals surface area contributed by atoms with E-state index >= 15 is 0 Å². The lowest BCUT2D eigenvalue weighted by Crippen LogP contribution is -2.29. The van der Waals surface area contributed by atoms with Gasteiger partial charge in [0.15, 0.2) is 5.76 Å². The Kier molecular flexibility index (Phi) is 6.72. The predicted molar refractivity (Wildman–Crippen MR) is 118 cm³/mol. The van der Waals surface area contributed by atoms with Crippen LogP contribution >= 0.6 is 11.6 Å². The van der Waals surface area contributed by atoms with Gasteiger partial charge in [-0.05, 0) is 74.0 Å². The van der Waals surface area contributed by atoms with Crippen LogP contribution < -0.4 is 10.1 Å². The molecule has 0 radical (unpaired) electrons. The van der Waals surface area contributed by atoms with Gasteiger partial charge in [-0.1, -0.05) is 36.2 Å². The number of amides is 1. The minimum atomic E-state index is -0.284. The maximum Gasteiger partial charge on any atom is 0.291 e. The fourth-order valence-electron chi connectivity index (χ4n) is 3.55. The van der Waals surface area contributed by atoms with Crippen LogP contribution in [0.2, 0.25) is 5.02 Å². The number of nitrogens with one attached hydrogen (secondary N) is 1. The molecule has 1 saturated heterocycles. The Bertz CT molecular complexity index is 978. The van der Waals surface area contributed by atoms with Crippen molar-refractivity contribution in [2.45, 2.75) is 32.4 Å². The van der Waals surface area contributed by atoms with Gasteiger partial charge < -0.3 is 14.5 Å². The summed E-state index contributed by atoms with van der Waals surface area (Å²) in [4.78, 5) is 15.0. The molecule has 0 aliphatic carbocycles. The lowest BCUT2D eigenvalue weighted by molar-refractivity contribution is 0.0992. The molecule has 0 unspecified atom stereocenters. The van der Waals surface area contributed by atoms with Crippen LogP contribution in [-0.2, 0) is 13.2 Å². The first-order valence-electron chi connectivity index (χ1n) is 10.3. The van der Waals surface area contributed by atoms with Gasteiger partial charge in [0.25, 0.3) is 5.91 Å². The monoisotopic (exact) mass is 424 g/mol. The smallest absolute Gasteiger partial charge is 0.291 e. The second-order valence-electron chi connectivity index (χ2n) is 7.50. The van der Waals surface area contributed by atoms with E-state index in [1.807, 2.05) is 24.3 Å². The van der Waals surface area contributed by atoms with Crippen LogP contribution in [0.5, 0.6) is 5.75 Å². The number of carbonyl (C=O) groups is 1. The van der Waals surface area contributed by atoms with Crippen LogP contribution in [0.15, 0.2) is 65.1 Å². The van der Waals surface area contributed by atoms with E-state index in [1.165, 1.54) is 37.9 Å². The summed E-state index contributed by atoms with van der Waals surface area (Å²) in [5, 5.41) is 3.48. The average Bonchev–Trinajstić information content (AvgIpc) is 3.24. The Morgan fingerprint density at radius 2 is 1.83 bits per heavy atom. The van der Waals surface area contributed by atoms with E-state index in [0.29, 0.717) is 16.5 Å². The van der Waals surface area contributed by atoms with E-state index < -0.39 is 0 Å². The Morgan fingerprint density at radius 3 is 2.60 bits per heavy atom. The van der Waals surface area contributed by atoms with Crippen molar-refractivity contribution in [3.63, 3.8) is 0 Å². The highest BCUT2D eigenvalue weighted by molar-refractivity contribution is 6.30. The molecule has 5 nitrogen and oxygen atoms in total. The third kappa shape index (κ3) is 5.65. The molecule has 1 N–H and O–H groups in total. The molecular weight excluding hydrogens is 400 g/mol. The van der Waals surface area contributed by atoms with Gasteiger partial charge >= 0.3 is 0 Å². The number of nitrogens with zero attached hydrogens (tertiary/aromatic N) is 1. The zero-order valence-electron chi connectivity index (χ0n) is 16.8. The molecule has 3 aromatic rings. The van der Waals surface area contributed by atoms with E-state index in [0.717, 1.165) is 12.2 Å². The summed E-state index contributed by atoms with van der Waals surface area (Å²) >= 11 is 5.95. The standard InChI is InChI=1S/C24H25ClN2O3/c25-19-5-4-6-21(15-19)29-17-22-11-12-23(30-22)24(28)26-20-9-7-18(8-10-20)16-27-13-2-1-3-14-27/h4-12,15H,1-3,13-14,16-17H2,(H,26,28). The number of piperidine rings is 1. The lowest BCUT2D eigenvalue weighted by Gasteiger charge is -2.26. The minimum absolute atomic E-state index is 0.221. The lowest BCUT2D eigenvalue weighted by atomic mass is 10.1. The zero-order chi connectivity index (χ0) is 20.8. The third-order valence-electron chi connectivity index (χ3n) is 5.13. The molecule has 30 heavy (non-hydrogen) atoms. The Labute approximate surface area is 181 Å². The normalized spacial score (nSPS) is 14.4. The highest BCUT2D eigenvalue weighted by Crippen LogP contribution is 2.20. The third-order valence-corrected chi connectivity index (χ3v) is 5.36. The molecule has 1 aliphatic rings. The number of furan rings is 1. The average molecular weight is 425 g/mol. The van der Waals surface area contributed by atoms with Crippen molar-refractivity contribution < 1.29 is 13.9 Å². The van der Waals surface area contributed by atoms with Crippen LogP contribution in [0.1, 0.15) is 41.1 Å². The quantitative estimate of drug-likeness (QED) is 0.524. The number of likely N-dealkylation sites (tertiary alicyclic amines) is 1. The molecule has 4 rings (SSSR count). The van der Waals surface area contributed by atoms with Crippen molar-refractivity contribution in [2.75, 3.05) is 18.4 Å². The summed E-state index contributed by atoms with van der Waals surface area (Å²) in [6.07, 6.45) is 3.90. The van der Waals surface area contributed by atoms with E-state index in [-0.39, 0.29) is 18.3 Å². The second-order valence-corrected chi connectivity index (χ2v) is 7.94. The van der Waals surface area contributed by atoms with Crippen molar-refractivity contribution >= 4 is 23.2 Å². The Hall–Kier alpha value is -2.76. The number of benzene rings is 2. The van der Waals surface area contributed by atoms with Crippen molar-refractivity contribution in [2.24, 2.45) is 0 Å². The van der Waals surface area contributed by atoms with Gasteiger partial charge in [-0.2, -0.15) is 0 Å². The number of hydrogen-bond donors (Lipinski definition) is 1. The largest absolute Gasteiger partial charge is 0.486 e. The summed E-state index contributed by atoms with van der Waals surface area (Å²) in [7, 11) is 0. The molecule has 0 bridgehead atoms. The highest BCUT2D eigenvalue weighted by atomic mass is 35.5. The molecule has 2 heterocycles. The summed E-state index contributed by atoms with van der Waals surface area (Å²) in [6, 6.07) is 18.5. The van der Waals surface area contributed by atoms with Crippen LogP contribution in [0, 0.1) is 0 Å². The highest BCUT2D eigenvalue weighted by Gasteiger charge is 2.13. The molecular formula is C24H25ClN2O3. The van der Waals surface area contributed by atoms with E-state index in [4.69, 9.17) is 20.8 Å².